The molecule has 0 aromatic rings. The predicted octanol–water partition coefficient (Wildman–Crippen LogP) is 3.55. The lowest BCUT2D eigenvalue weighted by Crippen LogP contribution is -2.57. The predicted molar refractivity (Wildman–Crippen MR) is 78.7 cm³/mol. The number of nitrogens with two attached hydrogens (primary N) is 1. The molecular weight excluding hydrogens is 220 g/mol. The lowest BCUT2D eigenvalue weighted by Gasteiger charge is -2.47. The number of hydrogen-bond donors (Lipinski definition) is 1. The summed E-state index contributed by atoms with van der Waals surface area (Å²) in [6.45, 7) is 6.88. The highest BCUT2D eigenvalue weighted by Crippen LogP contribution is 2.37. The first-order valence-corrected chi connectivity index (χ1v) is 8.15. The second kappa shape index (κ2) is 6.38. The molecule has 0 saturated heterocycles. The quantitative estimate of drug-likeness (QED) is 0.811. The van der Waals surface area contributed by atoms with Gasteiger partial charge in [-0.3, -0.25) is 4.90 Å². The molecule has 2 fully saturated rings. The molecule has 0 amide bonds. The van der Waals surface area contributed by atoms with Crippen LogP contribution in [-0.2, 0) is 0 Å². The van der Waals surface area contributed by atoms with Crippen LogP contribution >= 0.6 is 0 Å². The first-order valence-electron chi connectivity index (χ1n) is 8.15. The van der Waals surface area contributed by atoms with E-state index in [9.17, 15) is 0 Å². The average Bonchev–Trinajstić information content (AvgIpc) is 3.11. The van der Waals surface area contributed by atoms with Gasteiger partial charge in [0.15, 0.2) is 0 Å². The second-order valence-corrected chi connectivity index (χ2v) is 6.89. The van der Waals surface area contributed by atoms with Crippen LogP contribution in [0.2, 0.25) is 0 Å². The lowest BCUT2D eigenvalue weighted by molar-refractivity contribution is 0.0341. The summed E-state index contributed by atoms with van der Waals surface area (Å²) in [5.41, 5.74) is 6.57. The number of rotatable bonds is 5. The molecule has 0 heterocycles. The molecule has 18 heavy (non-hydrogen) atoms. The van der Waals surface area contributed by atoms with Gasteiger partial charge in [-0.2, -0.15) is 0 Å². The Hall–Kier alpha value is -0.0800. The summed E-state index contributed by atoms with van der Waals surface area (Å²) in [7, 11) is 0. The van der Waals surface area contributed by atoms with E-state index < -0.39 is 0 Å². The molecule has 2 heteroatoms. The highest BCUT2D eigenvalue weighted by atomic mass is 15.2. The van der Waals surface area contributed by atoms with Crippen molar-refractivity contribution in [1.82, 2.24) is 4.90 Å². The summed E-state index contributed by atoms with van der Waals surface area (Å²) in [5.74, 6) is 0.973. The largest absolute Gasteiger partial charge is 0.329 e. The molecule has 0 spiro atoms. The fraction of sp³-hybridized carbons (Fsp3) is 1.00. The van der Waals surface area contributed by atoms with Crippen molar-refractivity contribution in [2.45, 2.75) is 83.2 Å². The normalized spacial score (nSPS) is 25.2. The number of hydrogen-bond acceptors (Lipinski definition) is 2. The smallest absolute Gasteiger partial charge is 0.0334 e. The fourth-order valence-corrected chi connectivity index (χ4v) is 3.70. The van der Waals surface area contributed by atoms with Crippen LogP contribution in [0.25, 0.3) is 0 Å². The van der Waals surface area contributed by atoms with Crippen molar-refractivity contribution in [3.63, 3.8) is 0 Å². The van der Waals surface area contributed by atoms with Crippen LogP contribution in [0.4, 0.5) is 0 Å². The third-order valence-electron chi connectivity index (χ3n) is 5.05. The Balaban J connectivity index is 2.08. The van der Waals surface area contributed by atoms with Gasteiger partial charge in [-0.1, -0.05) is 32.1 Å². The molecule has 2 nitrogen and oxygen atoms in total. The maximum Gasteiger partial charge on any atom is 0.0334 e. The maximum absolute atomic E-state index is 6.25. The van der Waals surface area contributed by atoms with E-state index in [1.165, 1.54) is 64.3 Å². The molecule has 0 unspecified atom stereocenters. The average molecular weight is 252 g/mol. The second-order valence-electron chi connectivity index (χ2n) is 6.89. The lowest BCUT2D eigenvalue weighted by atomic mass is 9.81. The topological polar surface area (TPSA) is 29.3 Å². The van der Waals surface area contributed by atoms with Gasteiger partial charge < -0.3 is 5.73 Å². The zero-order chi connectivity index (χ0) is 13.0. The van der Waals surface area contributed by atoms with E-state index in [-0.39, 0.29) is 0 Å². The molecule has 2 saturated carbocycles. The van der Waals surface area contributed by atoms with E-state index in [0.29, 0.717) is 11.6 Å². The van der Waals surface area contributed by atoms with Crippen LogP contribution in [0.3, 0.4) is 0 Å². The van der Waals surface area contributed by atoms with Gasteiger partial charge in [0.1, 0.15) is 0 Å². The van der Waals surface area contributed by atoms with Crippen LogP contribution in [0.1, 0.15) is 71.6 Å². The summed E-state index contributed by atoms with van der Waals surface area (Å²) in [4.78, 5) is 2.77. The summed E-state index contributed by atoms with van der Waals surface area (Å²) >= 11 is 0. The van der Waals surface area contributed by atoms with Crippen molar-refractivity contribution >= 4 is 0 Å². The van der Waals surface area contributed by atoms with E-state index in [1.807, 2.05) is 0 Å². The third-order valence-corrected chi connectivity index (χ3v) is 5.05. The minimum Gasteiger partial charge on any atom is -0.329 e. The van der Waals surface area contributed by atoms with Crippen molar-refractivity contribution in [2.75, 3.05) is 13.1 Å². The molecule has 0 aromatic heterocycles. The van der Waals surface area contributed by atoms with Crippen LogP contribution < -0.4 is 5.73 Å². The highest BCUT2D eigenvalue weighted by Gasteiger charge is 2.39. The van der Waals surface area contributed by atoms with Crippen molar-refractivity contribution in [3.8, 4) is 0 Å². The molecule has 0 aliphatic heterocycles. The third kappa shape index (κ3) is 3.48. The van der Waals surface area contributed by atoms with Gasteiger partial charge in [-0.05, 0) is 45.4 Å². The molecule has 0 aromatic carbocycles. The van der Waals surface area contributed by atoms with Crippen LogP contribution in [-0.4, -0.2) is 29.6 Å². The molecule has 2 aliphatic carbocycles. The molecule has 0 atom stereocenters. The van der Waals surface area contributed by atoms with Gasteiger partial charge in [-0.25, -0.2) is 0 Å². The Morgan fingerprint density at radius 1 is 1.06 bits per heavy atom. The van der Waals surface area contributed by atoms with Gasteiger partial charge in [0, 0.05) is 24.7 Å². The standard InChI is InChI=1S/C16H32N2/c1-14(2)18(12-15-8-9-15)16(13-17)10-6-4-3-5-7-11-16/h14-15H,3-13,17H2,1-2H3. The summed E-state index contributed by atoms with van der Waals surface area (Å²) in [6, 6.07) is 0.647. The highest BCUT2D eigenvalue weighted by molar-refractivity contribution is 4.96. The molecule has 2 aliphatic rings. The zero-order valence-corrected chi connectivity index (χ0v) is 12.5. The molecule has 106 valence electrons. The van der Waals surface area contributed by atoms with E-state index in [1.54, 1.807) is 0 Å². The van der Waals surface area contributed by atoms with Gasteiger partial charge in [0.25, 0.3) is 0 Å². The molecular formula is C16H32N2. The summed E-state index contributed by atoms with van der Waals surface area (Å²) in [5, 5.41) is 0. The van der Waals surface area contributed by atoms with Crippen molar-refractivity contribution in [1.29, 1.82) is 0 Å². The molecule has 2 rings (SSSR count). The zero-order valence-electron chi connectivity index (χ0n) is 12.5. The van der Waals surface area contributed by atoms with Crippen LogP contribution in [0, 0.1) is 5.92 Å². The first-order chi connectivity index (χ1) is 8.68. The Bertz CT molecular complexity index is 237. The monoisotopic (exact) mass is 252 g/mol. The Morgan fingerprint density at radius 3 is 2.06 bits per heavy atom. The van der Waals surface area contributed by atoms with Gasteiger partial charge in [-0.15, -0.1) is 0 Å². The summed E-state index contributed by atoms with van der Waals surface area (Å²) < 4.78 is 0. The SMILES string of the molecule is CC(C)N(CC1CC1)C1(CN)CCCCCCC1. The fourth-order valence-electron chi connectivity index (χ4n) is 3.70. The molecule has 0 radical (unpaired) electrons. The van der Waals surface area contributed by atoms with E-state index >= 15 is 0 Å². The Kier molecular flexibility index (Phi) is 5.08. The minimum absolute atomic E-state index is 0.317. The van der Waals surface area contributed by atoms with Gasteiger partial charge in [0.05, 0.1) is 0 Å². The summed E-state index contributed by atoms with van der Waals surface area (Å²) in [6.07, 6.45) is 12.6. The van der Waals surface area contributed by atoms with Crippen LogP contribution in [0.5, 0.6) is 0 Å². The number of nitrogens with zero attached hydrogens (tertiary/aromatic N) is 1. The maximum atomic E-state index is 6.25. The van der Waals surface area contributed by atoms with Crippen LogP contribution in [0.15, 0.2) is 0 Å². The Labute approximate surface area is 113 Å². The van der Waals surface area contributed by atoms with E-state index in [2.05, 4.69) is 18.7 Å². The van der Waals surface area contributed by atoms with E-state index in [4.69, 9.17) is 5.73 Å². The van der Waals surface area contributed by atoms with Crippen molar-refractivity contribution in [3.05, 3.63) is 0 Å². The molecule has 2 N–H and O–H groups in total. The Morgan fingerprint density at radius 2 is 1.61 bits per heavy atom. The van der Waals surface area contributed by atoms with Crippen molar-refractivity contribution in [2.24, 2.45) is 11.7 Å². The molecule has 0 bridgehead atoms. The van der Waals surface area contributed by atoms with Crippen molar-refractivity contribution < 1.29 is 0 Å². The van der Waals surface area contributed by atoms with Gasteiger partial charge in [0.2, 0.25) is 0 Å². The van der Waals surface area contributed by atoms with Gasteiger partial charge >= 0.3 is 0 Å². The first kappa shape index (κ1) is 14.3. The minimum atomic E-state index is 0.317. The van der Waals surface area contributed by atoms with E-state index in [0.717, 1.165) is 12.5 Å².